The van der Waals surface area contributed by atoms with E-state index < -0.39 is 7.14 Å². The van der Waals surface area contributed by atoms with Crippen molar-refractivity contribution in [3.63, 3.8) is 0 Å². The Balaban J connectivity index is 1.14. The van der Waals surface area contributed by atoms with Crippen LogP contribution < -0.4 is 15.9 Å². The van der Waals surface area contributed by atoms with E-state index in [1.54, 1.807) is 0 Å². The Bertz CT molecular complexity index is 2580. The Morgan fingerprint density at radius 1 is 0.412 bits per heavy atom. The maximum Gasteiger partial charge on any atom is 0.171 e. The standard InChI is InChI=1S/C46H34N3OP/c1-46(2)39-20-12-13-21-41(39)51(50,38-18-10-5-11-19-38)42-30-36(26-27-40(42)46)34-22-23-35-29-37(25-24-33(35)28-34)45-48-43(31-14-6-3-7-15-31)47-44(49-45)32-16-8-4-9-17-32/h3-30H,1-2H3. The van der Waals surface area contributed by atoms with Crippen LogP contribution >= 0.6 is 7.14 Å². The molecule has 51 heavy (non-hydrogen) atoms. The lowest BCUT2D eigenvalue weighted by Crippen LogP contribution is -2.42. The predicted molar refractivity (Wildman–Crippen MR) is 211 cm³/mol. The summed E-state index contributed by atoms with van der Waals surface area (Å²) in [5.41, 5.74) is 6.88. The number of aromatic nitrogens is 3. The normalized spacial score (nSPS) is 16.0. The Morgan fingerprint density at radius 3 is 1.49 bits per heavy atom. The quantitative estimate of drug-likeness (QED) is 0.171. The Kier molecular flexibility index (Phi) is 7.38. The van der Waals surface area contributed by atoms with Crippen molar-refractivity contribution in [1.82, 2.24) is 15.0 Å². The number of hydrogen-bond acceptors (Lipinski definition) is 4. The molecule has 0 radical (unpaired) electrons. The molecule has 0 N–H and O–H groups in total. The van der Waals surface area contributed by atoms with Crippen molar-refractivity contribution in [2.24, 2.45) is 0 Å². The number of fused-ring (bicyclic) bond motifs is 3. The van der Waals surface area contributed by atoms with Gasteiger partial charge in [0.25, 0.3) is 0 Å². The molecule has 1 atom stereocenters. The number of hydrogen-bond donors (Lipinski definition) is 0. The van der Waals surface area contributed by atoms with Crippen molar-refractivity contribution in [1.29, 1.82) is 0 Å². The third-order valence-corrected chi connectivity index (χ3v) is 13.3. The van der Waals surface area contributed by atoms with Crippen molar-refractivity contribution in [3.8, 4) is 45.3 Å². The van der Waals surface area contributed by atoms with Crippen LogP contribution in [0.1, 0.15) is 25.0 Å². The summed E-state index contributed by atoms with van der Waals surface area (Å²) in [6.07, 6.45) is 0. The molecule has 0 amide bonds. The van der Waals surface area contributed by atoms with E-state index in [-0.39, 0.29) is 5.41 Å². The summed E-state index contributed by atoms with van der Waals surface area (Å²) in [4.78, 5) is 14.7. The molecule has 1 unspecified atom stereocenters. The third-order valence-electron chi connectivity index (χ3n) is 10.2. The molecule has 0 spiro atoms. The van der Waals surface area contributed by atoms with Gasteiger partial charge in [0, 0.05) is 38.0 Å². The molecule has 2 heterocycles. The highest BCUT2D eigenvalue weighted by Crippen LogP contribution is 2.53. The van der Waals surface area contributed by atoms with Crippen LogP contribution in [0.4, 0.5) is 0 Å². The van der Waals surface area contributed by atoms with Crippen LogP contribution in [0.2, 0.25) is 0 Å². The van der Waals surface area contributed by atoms with Crippen LogP contribution in [0.15, 0.2) is 170 Å². The van der Waals surface area contributed by atoms with Gasteiger partial charge in [0.2, 0.25) is 0 Å². The molecule has 0 bridgehead atoms. The van der Waals surface area contributed by atoms with Crippen molar-refractivity contribution in [2.75, 3.05) is 0 Å². The van der Waals surface area contributed by atoms with Gasteiger partial charge in [0.15, 0.2) is 24.6 Å². The smallest absolute Gasteiger partial charge is 0.171 e. The summed E-state index contributed by atoms with van der Waals surface area (Å²) in [5.74, 6) is 1.91. The van der Waals surface area contributed by atoms with Crippen LogP contribution in [0.25, 0.3) is 56.1 Å². The molecular formula is C46H34N3OP. The zero-order chi connectivity index (χ0) is 34.6. The second-order valence-electron chi connectivity index (χ2n) is 13.6. The molecule has 4 nitrogen and oxygen atoms in total. The molecule has 0 aliphatic carbocycles. The minimum Gasteiger partial charge on any atom is -0.309 e. The Hall–Kier alpha value is -5.96. The maximum atomic E-state index is 15.5. The van der Waals surface area contributed by atoms with E-state index in [0.717, 1.165) is 65.6 Å². The van der Waals surface area contributed by atoms with Gasteiger partial charge in [0.1, 0.15) is 0 Å². The van der Waals surface area contributed by atoms with Gasteiger partial charge in [-0.3, -0.25) is 0 Å². The van der Waals surface area contributed by atoms with Crippen molar-refractivity contribution < 1.29 is 4.57 Å². The van der Waals surface area contributed by atoms with Crippen LogP contribution in [0.5, 0.6) is 0 Å². The number of nitrogens with zero attached hydrogens (tertiary/aromatic N) is 3. The maximum absolute atomic E-state index is 15.5. The van der Waals surface area contributed by atoms with Gasteiger partial charge in [0.05, 0.1) is 0 Å². The van der Waals surface area contributed by atoms with Gasteiger partial charge < -0.3 is 4.57 Å². The fraction of sp³-hybridized carbons (Fsp3) is 0.0652. The van der Waals surface area contributed by atoms with Gasteiger partial charge in [-0.1, -0.05) is 166 Å². The van der Waals surface area contributed by atoms with E-state index in [9.17, 15) is 0 Å². The highest BCUT2D eigenvalue weighted by molar-refractivity contribution is 7.85. The zero-order valence-electron chi connectivity index (χ0n) is 28.4. The molecular weight excluding hydrogens is 642 g/mol. The van der Waals surface area contributed by atoms with Gasteiger partial charge in [-0.2, -0.15) is 0 Å². The molecule has 1 aliphatic rings. The van der Waals surface area contributed by atoms with Gasteiger partial charge in [-0.25, -0.2) is 15.0 Å². The monoisotopic (exact) mass is 675 g/mol. The lowest BCUT2D eigenvalue weighted by Gasteiger charge is -2.39. The zero-order valence-corrected chi connectivity index (χ0v) is 29.3. The first-order valence-electron chi connectivity index (χ1n) is 17.2. The third kappa shape index (κ3) is 5.23. The van der Waals surface area contributed by atoms with Crippen molar-refractivity contribution in [2.45, 2.75) is 19.3 Å². The van der Waals surface area contributed by atoms with Gasteiger partial charge >= 0.3 is 0 Å². The van der Waals surface area contributed by atoms with Gasteiger partial charge in [-0.15, -0.1) is 0 Å². The second kappa shape index (κ2) is 12.1. The van der Waals surface area contributed by atoms with Crippen molar-refractivity contribution >= 4 is 33.8 Å². The molecule has 0 saturated heterocycles. The topological polar surface area (TPSA) is 55.7 Å². The van der Waals surface area contributed by atoms with Crippen LogP contribution in [-0.2, 0) is 9.98 Å². The minimum absolute atomic E-state index is 0.289. The van der Waals surface area contributed by atoms with E-state index >= 15 is 4.57 Å². The lowest BCUT2D eigenvalue weighted by molar-refractivity contribution is 0.586. The lowest BCUT2D eigenvalue weighted by atomic mass is 9.77. The minimum atomic E-state index is -3.13. The fourth-order valence-electron chi connectivity index (χ4n) is 7.47. The molecule has 1 aliphatic heterocycles. The summed E-state index contributed by atoms with van der Waals surface area (Å²) in [6, 6.07) is 57.8. The molecule has 9 rings (SSSR count). The van der Waals surface area contributed by atoms with Gasteiger partial charge in [-0.05, 0) is 51.2 Å². The second-order valence-corrected chi connectivity index (χ2v) is 16.3. The molecule has 0 fully saturated rings. The average molecular weight is 676 g/mol. The van der Waals surface area contributed by atoms with E-state index in [1.165, 1.54) is 0 Å². The van der Waals surface area contributed by atoms with E-state index in [1.807, 2.05) is 97.1 Å². The molecule has 1 aromatic heterocycles. The Labute approximate surface area is 297 Å². The highest BCUT2D eigenvalue weighted by Gasteiger charge is 2.44. The molecule has 5 heteroatoms. The fourth-order valence-corrected chi connectivity index (χ4v) is 10.9. The van der Waals surface area contributed by atoms with E-state index in [0.29, 0.717) is 17.5 Å². The first-order chi connectivity index (χ1) is 24.9. The molecule has 8 aromatic rings. The summed E-state index contributed by atoms with van der Waals surface area (Å²) >= 11 is 0. The molecule has 7 aromatic carbocycles. The van der Waals surface area contributed by atoms with Crippen LogP contribution in [-0.4, -0.2) is 15.0 Å². The van der Waals surface area contributed by atoms with E-state index in [4.69, 9.17) is 15.0 Å². The summed E-state index contributed by atoms with van der Waals surface area (Å²) in [5, 5.41) is 4.90. The van der Waals surface area contributed by atoms with E-state index in [2.05, 4.69) is 86.6 Å². The van der Waals surface area contributed by atoms with Crippen LogP contribution in [0, 0.1) is 0 Å². The predicted octanol–water partition coefficient (Wildman–Crippen LogP) is 9.97. The summed E-state index contributed by atoms with van der Waals surface area (Å²) in [6.45, 7) is 4.48. The average Bonchev–Trinajstić information content (AvgIpc) is 3.20. The SMILES string of the molecule is CC1(C)c2ccccc2P(=O)(c2ccccc2)c2cc(-c3ccc4cc(-c5nc(-c6ccccc6)nc(-c6ccccc6)n5)ccc4c3)ccc21. The Morgan fingerprint density at radius 2 is 0.863 bits per heavy atom. The van der Waals surface area contributed by atoms with Crippen molar-refractivity contribution in [3.05, 3.63) is 181 Å². The summed E-state index contributed by atoms with van der Waals surface area (Å²) < 4.78 is 15.5. The largest absolute Gasteiger partial charge is 0.309 e. The highest BCUT2D eigenvalue weighted by atomic mass is 31.2. The van der Waals surface area contributed by atoms with Crippen LogP contribution in [0.3, 0.4) is 0 Å². The number of rotatable bonds is 5. The first-order valence-corrected chi connectivity index (χ1v) is 18.9. The molecule has 0 saturated carbocycles. The summed E-state index contributed by atoms with van der Waals surface area (Å²) in [7, 11) is -3.13. The number of benzene rings is 7. The molecule has 244 valence electrons. The first kappa shape index (κ1) is 31.1.